The molecule has 5 nitrogen and oxygen atoms in total. The van der Waals surface area contributed by atoms with E-state index in [-0.39, 0.29) is 35.8 Å². The van der Waals surface area contributed by atoms with Gasteiger partial charge < -0.3 is 10.4 Å². The van der Waals surface area contributed by atoms with Crippen LogP contribution in [0.3, 0.4) is 0 Å². The Morgan fingerprint density at radius 2 is 2.13 bits per heavy atom. The summed E-state index contributed by atoms with van der Waals surface area (Å²) >= 11 is 5.81. The maximum atomic E-state index is 12.5. The highest BCUT2D eigenvalue weighted by atomic mass is 35.5. The Morgan fingerprint density at radius 3 is 2.65 bits per heavy atom. The smallest absolute Gasteiger partial charge is 0.396 e. The van der Waals surface area contributed by atoms with Crippen molar-refractivity contribution in [2.24, 2.45) is 0 Å². The van der Waals surface area contributed by atoms with E-state index in [0.29, 0.717) is 0 Å². The lowest BCUT2D eigenvalue weighted by Gasteiger charge is -2.22. The fraction of sp³-hybridized carbons (Fsp3) is 0.429. The summed E-state index contributed by atoms with van der Waals surface area (Å²) in [5.74, 6) is -0.645. The molecule has 1 rings (SSSR count). The molecule has 0 aromatic heterocycles. The Kier molecular flexibility index (Phi) is 7.29. The number of hydrogen-bond acceptors (Lipinski definition) is 4. The van der Waals surface area contributed by atoms with Gasteiger partial charge in [-0.15, -0.1) is 0 Å². The number of carbonyl (C=O) groups excluding carboxylic acids is 1. The van der Waals surface area contributed by atoms with Crippen LogP contribution in [0.4, 0.5) is 18.9 Å². The van der Waals surface area contributed by atoms with Crippen molar-refractivity contribution >= 4 is 23.2 Å². The Balaban J connectivity index is 2.67. The molecule has 0 saturated carbocycles. The van der Waals surface area contributed by atoms with Crippen LogP contribution in [0.2, 0.25) is 5.02 Å². The van der Waals surface area contributed by atoms with E-state index in [1.54, 1.807) is 0 Å². The van der Waals surface area contributed by atoms with Crippen LogP contribution in [0.1, 0.15) is 12.0 Å². The zero-order chi connectivity index (χ0) is 17.5. The summed E-state index contributed by atoms with van der Waals surface area (Å²) < 4.78 is 37.4. The number of aliphatic hydroxyl groups is 1. The van der Waals surface area contributed by atoms with Crippen molar-refractivity contribution < 1.29 is 23.1 Å². The van der Waals surface area contributed by atoms with Crippen LogP contribution >= 0.6 is 11.6 Å². The molecular weight excluding hydrogens is 335 g/mol. The number of nitriles is 1. The Hall–Kier alpha value is -1.82. The highest BCUT2D eigenvalue weighted by Crippen LogP contribution is 2.20. The first-order valence-corrected chi connectivity index (χ1v) is 7.02. The van der Waals surface area contributed by atoms with Gasteiger partial charge in [0.1, 0.15) is 6.07 Å². The molecule has 0 unspecified atom stereocenters. The second kappa shape index (κ2) is 8.72. The molecule has 0 saturated heterocycles. The van der Waals surface area contributed by atoms with Crippen molar-refractivity contribution in [1.82, 2.24) is 4.90 Å². The molecule has 0 radical (unpaired) electrons. The number of alkyl halides is 3. The molecule has 0 fully saturated rings. The average Bonchev–Trinajstić information content (AvgIpc) is 2.43. The van der Waals surface area contributed by atoms with Crippen molar-refractivity contribution in [1.29, 1.82) is 5.26 Å². The van der Waals surface area contributed by atoms with Crippen LogP contribution in [-0.2, 0) is 4.79 Å². The maximum absolute atomic E-state index is 12.5. The number of halogens is 4. The van der Waals surface area contributed by atoms with Gasteiger partial charge in [-0.1, -0.05) is 11.6 Å². The predicted octanol–water partition coefficient (Wildman–Crippen LogP) is 2.40. The third kappa shape index (κ3) is 7.32. The first-order chi connectivity index (χ1) is 10.7. The van der Waals surface area contributed by atoms with Gasteiger partial charge in [-0.05, 0) is 24.6 Å². The maximum Gasteiger partial charge on any atom is 0.401 e. The van der Waals surface area contributed by atoms with E-state index >= 15 is 0 Å². The molecule has 1 aromatic carbocycles. The second-order valence-corrected chi connectivity index (χ2v) is 5.16. The first kappa shape index (κ1) is 19.2. The molecule has 0 heterocycles. The summed E-state index contributed by atoms with van der Waals surface area (Å²) in [7, 11) is 0. The largest absolute Gasteiger partial charge is 0.401 e. The third-order valence-corrected chi connectivity index (χ3v) is 3.09. The Bertz CT molecular complexity index is 588. The monoisotopic (exact) mass is 349 g/mol. The molecule has 0 aliphatic carbocycles. The van der Waals surface area contributed by atoms with Gasteiger partial charge in [0.05, 0.1) is 23.7 Å². The van der Waals surface area contributed by atoms with Crippen LogP contribution in [0.15, 0.2) is 18.2 Å². The van der Waals surface area contributed by atoms with E-state index in [0.717, 1.165) is 4.90 Å². The van der Waals surface area contributed by atoms with Gasteiger partial charge in [-0.3, -0.25) is 9.69 Å². The summed E-state index contributed by atoms with van der Waals surface area (Å²) in [5.41, 5.74) is 0.513. The zero-order valence-electron chi connectivity index (χ0n) is 12.0. The van der Waals surface area contributed by atoms with Gasteiger partial charge in [0.25, 0.3) is 0 Å². The van der Waals surface area contributed by atoms with Gasteiger partial charge in [-0.2, -0.15) is 18.4 Å². The molecule has 1 aromatic rings. The normalized spacial score (nSPS) is 11.3. The van der Waals surface area contributed by atoms with Crippen molar-refractivity contribution in [2.45, 2.75) is 12.6 Å². The average molecular weight is 350 g/mol. The van der Waals surface area contributed by atoms with Gasteiger partial charge in [0.15, 0.2) is 0 Å². The summed E-state index contributed by atoms with van der Waals surface area (Å²) in [5, 5.41) is 20.0. The number of anilines is 1. The SMILES string of the molecule is N#Cc1ccc(NC(=O)CN(CCCO)CC(F)(F)F)cc1Cl. The molecule has 23 heavy (non-hydrogen) atoms. The minimum atomic E-state index is -4.44. The molecule has 0 atom stereocenters. The lowest BCUT2D eigenvalue weighted by Crippen LogP contribution is -2.40. The van der Waals surface area contributed by atoms with Crippen LogP contribution in [0.25, 0.3) is 0 Å². The molecule has 2 N–H and O–H groups in total. The van der Waals surface area contributed by atoms with Crippen LogP contribution in [0.5, 0.6) is 0 Å². The Morgan fingerprint density at radius 1 is 1.43 bits per heavy atom. The van der Waals surface area contributed by atoms with Crippen LogP contribution < -0.4 is 5.32 Å². The first-order valence-electron chi connectivity index (χ1n) is 6.64. The summed E-state index contributed by atoms with van der Waals surface area (Å²) in [6.07, 6.45) is -4.31. The van der Waals surface area contributed by atoms with Gasteiger partial charge >= 0.3 is 6.18 Å². The minimum absolute atomic E-state index is 0.0580. The second-order valence-electron chi connectivity index (χ2n) is 4.76. The summed E-state index contributed by atoms with van der Waals surface area (Å²) in [6, 6.07) is 6.04. The van der Waals surface area contributed by atoms with E-state index in [1.807, 2.05) is 6.07 Å². The summed E-state index contributed by atoms with van der Waals surface area (Å²) in [6.45, 7) is -2.04. The van der Waals surface area contributed by atoms with Crippen molar-refractivity contribution in [2.75, 3.05) is 31.6 Å². The molecular formula is C14H15ClF3N3O2. The molecule has 1 amide bonds. The number of amides is 1. The number of nitrogens with zero attached hydrogens (tertiary/aromatic N) is 2. The standard InChI is InChI=1S/C14H15ClF3N3O2/c15-12-6-11(3-2-10(12)7-19)20-13(23)8-21(4-1-5-22)9-14(16,17)18/h2-3,6,22H,1,4-5,8-9H2,(H,20,23). The van der Waals surface area contributed by atoms with Gasteiger partial charge in [-0.25, -0.2) is 0 Å². The van der Waals surface area contributed by atoms with Crippen molar-refractivity contribution in [3.05, 3.63) is 28.8 Å². The highest BCUT2D eigenvalue weighted by molar-refractivity contribution is 6.32. The van der Waals surface area contributed by atoms with E-state index in [2.05, 4.69) is 5.32 Å². The van der Waals surface area contributed by atoms with Crippen LogP contribution in [-0.4, -0.2) is 48.3 Å². The van der Waals surface area contributed by atoms with Gasteiger partial charge in [0, 0.05) is 18.8 Å². The van der Waals surface area contributed by atoms with Crippen molar-refractivity contribution in [3.63, 3.8) is 0 Å². The summed E-state index contributed by atoms with van der Waals surface area (Å²) in [4.78, 5) is 12.7. The quantitative estimate of drug-likeness (QED) is 0.792. The van der Waals surface area contributed by atoms with E-state index in [9.17, 15) is 18.0 Å². The number of hydrogen-bond donors (Lipinski definition) is 2. The van der Waals surface area contributed by atoms with E-state index in [4.69, 9.17) is 22.0 Å². The molecule has 126 valence electrons. The number of nitrogens with one attached hydrogen (secondary N) is 1. The Labute approximate surface area is 136 Å². The lowest BCUT2D eigenvalue weighted by atomic mass is 10.2. The predicted molar refractivity (Wildman–Crippen MR) is 79.0 cm³/mol. The minimum Gasteiger partial charge on any atom is -0.396 e. The molecule has 0 spiro atoms. The molecule has 0 bridgehead atoms. The fourth-order valence-corrected chi connectivity index (χ4v) is 2.07. The number of benzene rings is 1. The fourth-order valence-electron chi connectivity index (χ4n) is 1.85. The van der Waals surface area contributed by atoms with E-state index < -0.39 is 25.2 Å². The lowest BCUT2D eigenvalue weighted by molar-refractivity contribution is -0.148. The highest BCUT2D eigenvalue weighted by Gasteiger charge is 2.31. The van der Waals surface area contributed by atoms with Crippen LogP contribution in [0, 0.1) is 11.3 Å². The topological polar surface area (TPSA) is 76.4 Å². The number of carbonyl (C=O) groups is 1. The van der Waals surface area contributed by atoms with Crippen molar-refractivity contribution in [3.8, 4) is 6.07 Å². The number of aliphatic hydroxyl groups excluding tert-OH is 1. The molecule has 9 heteroatoms. The number of rotatable bonds is 7. The zero-order valence-corrected chi connectivity index (χ0v) is 12.8. The molecule has 0 aliphatic heterocycles. The molecule has 0 aliphatic rings. The third-order valence-electron chi connectivity index (χ3n) is 2.78. The van der Waals surface area contributed by atoms with E-state index in [1.165, 1.54) is 18.2 Å². The van der Waals surface area contributed by atoms with Gasteiger partial charge in [0.2, 0.25) is 5.91 Å².